The van der Waals surface area contributed by atoms with Gasteiger partial charge in [-0.2, -0.15) is 0 Å². The summed E-state index contributed by atoms with van der Waals surface area (Å²) in [6, 6.07) is 1.93. The van der Waals surface area contributed by atoms with Crippen molar-refractivity contribution in [2.24, 2.45) is 34.0 Å². The van der Waals surface area contributed by atoms with Gasteiger partial charge in [-0.05, 0) is 144 Å². The zero-order valence-corrected chi connectivity index (χ0v) is 32.2. The lowest BCUT2D eigenvalue weighted by atomic mass is 9.38. The fourth-order valence-electron chi connectivity index (χ4n) is 14.1. The highest BCUT2D eigenvalue weighted by Gasteiger charge is 2.70. The Morgan fingerprint density at radius 2 is 1.69 bits per heavy atom. The molecule has 9 atom stereocenters. The van der Waals surface area contributed by atoms with Crippen LogP contribution in [0.1, 0.15) is 160 Å². The normalized spacial score (nSPS) is 42.9. The molecule has 7 aliphatic rings. The molecule has 3 aliphatic heterocycles. The van der Waals surface area contributed by atoms with Gasteiger partial charge in [-0.25, -0.2) is 0 Å². The van der Waals surface area contributed by atoms with Gasteiger partial charge in [0.05, 0.1) is 40.1 Å². The van der Waals surface area contributed by atoms with Gasteiger partial charge in [0, 0.05) is 28.0 Å². The Hall–Kier alpha value is -2.21. The van der Waals surface area contributed by atoms with Crippen molar-refractivity contribution in [2.75, 3.05) is 0 Å². The van der Waals surface area contributed by atoms with Crippen molar-refractivity contribution in [2.45, 2.75) is 162 Å². The summed E-state index contributed by atoms with van der Waals surface area (Å²) < 4.78 is 16.1. The Labute approximate surface area is 293 Å². The van der Waals surface area contributed by atoms with Gasteiger partial charge in [0.15, 0.2) is 5.78 Å². The number of allylic oxidation sites excluding steroid dienone is 1. The first-order valence-corrected chi connectivity index (χ1v) is 19.3. The van der Waals surface area contributed by atoms with Crippen molar-refractivity contribution in [1.29, 1.82) is 0 Å². The number of ether oxygens (including phenoxy) is 2. The zero-order chi connectivity index (χ0) is 35.4. The molecule has 3 fully saturated rings. The summed E-state index contributed by atoms with van der Waals surface area (Å²) in [5.41, 5.74) is 7.43. The lowest BCUT2D eigenvalue weighted by molar-refractivity contribution is -0.283. The molecular weight excluding hydrogens is 606 g/mol. The van der Waals surface area contributed by atoms with Crippen LogP contribution in [0.2, 0.25) is 0 Å². The molecule has 0 bridgehead atoms. The molecule has 2 saturated carbocycles. The summed E-state index contributed by atoms with van der Waals surface area (Å²) in [7, 11) is 0. The fourth-order valence-corrected chi connectivity index (χ4v) is 14.1. The third-order valence-electron chi connectivity index (χ3n) is 16.6. The second-order valence-electron chi connectivity index (χ2n) is 20.6. The molecule has 9 rings (SSSR count). The second kappa shape index (κ2) is 9.04. The number of aromatic nitrogens is 1. The number of hydrogen-bond acceptors (Lipinski definition) is 4. The smallest absolute Gasteiger partial charge is 0.192 e. The van der Waals surface area contributed by atoms with Crippen LogP contribution >= 0.6 is 0 Å². The van der Waals surface area contributed by atoms with Gasteiger partial charge in [-0.1, -0.05) is 46.8 Å². The average Bonchev–Trinajstić information content (AvgIpc) is 3.62. The molecule has 1 aromatic carbocycles. The molecule has 2 aromatic rings. The number of nitrogens with zero attached hydrogens (tertiary/aromatic N) is 1. The zero-order valence-electron chi connectivity index (χ0n) is 32.2. The molecule has 9 unspecified atom stereocenters. The molecule has 5 nitrogen and oxygen atoms in total. The van der Waals surface area contributed by atoms with Crippen LogP contribution in [0.15, 0.2) is 24.3 Å². The first-order valence-electron chi connectivity index (χ1n) is 19.3. The molecule has 264 valence electrons. The maximum Gasteiger partial charge on any atom is 0.192 e. The first-order chi connectivity index (χ1) is 22.5. The van der Waals surface area contributed by atoms with Crippen molar-refractivity contribution in [1.82, 2.24) is 4.57 Å². The van der Waals surface area contributed by atoms with E-state index in [0.717, 1.165) is 52.6 Å². The van der Waals surface area contributed by atoms with Gasteiger partial charge in [-0.15, -0.1) is 0 Å². The van der Waals surface area contributed by atoms with Crippen LogP contribution in [-0.2, 0) is 21.3 Å². The third-order valence-corrected chi connectivity index (χ3v) is 16.6. The van der Waals surface area contributed by atoms with Crippen molar-refractivity contribution in [3.8, 4) is 0 Å². The number of rotatable bonds is 1. The molecule has 1 N–H and O–H groups in total. The Balaban J connectivity index is 1.28. The van der Waals surface area contributed by atoms with E-state index in [4.69, 9.17) is 9.47 Å². The number of fused-ring (bicyclic) bond motifs is 13. The van der Waals surface area contributed by atoms with Crippen LogP contribution in [0.4, 0.5) is 0 Å². The Kier molecular flexibility index (Phi) is 6.03. The van der Waals surface area contributed by atoms with Crippen LogP contribution in [0.25, 0.3) is 16.5 Å². The van der Waals surface area contributed by atoms with E-state index < -0.39 is 23.3 Å². The predicted octanol–water partition coefficient (Wildman–Crippen LogP) is 9.83. The third kappa shape index (κ3) is 3.57. The minimum Gasteiger partial charge on any atom is -0.388 e. The van der Waals surface area contributed by atoms with E-state index in [9.17, 15) is 9.90 Å². The molecule has 5 heteroatoms. The summed E-state index contributed by atoms with van der Waals surface area (Å²) in [5.74, 6) is 0.932. The molecule has 0 radical (unpaired) electrons. The number of ketones is 1. The first kappa shape index (κ1) is 32.7. The molecule has 49 heavy (non-hydrogen) atoms. The lowest BCUT2D eigenvalue weighted by Crippen LogP contribution is -2.67. The highest BCUT2D eigenvalue weighted by molar-refractivity contribution is 6.18. The highest BCUT2D eigenvalue weighted by atomic mass is 16.5. The van der Waals surface area contributed by atoms with E-state index in [1.807, 2.05) is 6.92 Å². The molecule has 4 aliphatic carbocycles. The van der Waals surface area contributed by atoms with E-state index in [-0.39, 0.29) is 45.1 Å². The summed E-state index contributed by atoms with van der Waals surface area (Å²) in [5, 5.41) is 13.4. The van der Waals surface area contributed by atoms with Crippen molar-refractivity contribution in [3.63, 3.8) is 0 Å². The van der Waals surface area contributed by atoms with Gasteiger partial charge in [0.2, 0.25) is 0 Å². The summed E-state index contributed by atoms with van der Waals surface area (Å²) in [4.78, 5) is 14.9. The Bertz CT molecular complexity index is 1940. The SMILES string of the molecule is C=C(C)C1C(=O)c2c3c(cc4c5c(n1c24)C1(C)C(CCC2C4(C)CC(C)(C)C(C)(C)OC4CCC21C)C5)C1=CC(C)(C)OC(C)(C)C1C3O. The number of aliphatic hydroxyl groups is 1. The van der Waals surface area contributed by atoms with E-state index in [2.05, 4.69) is 99.4 Å². The maximum atomic E-state index is 14.9. The minimum atomic E-state index is -0.799. The van der Waals surface area contributed by atoms with Gasteiger partial charge in [0.1, 0.15) is 6.04 Å². The molecular formula is C44H59NO4. The second-order valence-corrected chi connectivity index (χ2v) is 20.6. The Morgan fingerprint density at radius 1 is 1.00 bits per heavy atom. The van der Waals surface area contributed by atoms with Gasteiger partial charge >= 0.3 is 0 Å². The molecule has 0 spiro atoms. The summed E-state index contributed by atoms with van der Waals surface area (Å²) in [6.45, 7) is 32.1. The predicted molar refractivity (Wildman–Crippen MR) is 196 cm³/mol. The number of benzene rings is 1. The summed E-state index contributed by atoms with van der Waals surface area (Å²) in [6.07, 6.45) is 8.56. The number of carbonyl (C=O) groups is 1. The van der Waals surface area contributed by atoms with Gasteiger partial charge < -0.3 is 19.1 Å². The molecule has 4 heterocycles. The largest absolute Gasteiger partial charge is 0.388 e. The number of hydrogen-bond donors (Lipinski definition) is 1. The topological polar surface area (TPSA) is 60.7 Å². The lowest BCUT2D eigenvalue weighted by Gasteiger charge is -2.69. The van der Waals surface area contributed by atoms with Crippen LogP contribution in [0.5, 0.6) is 0 Å². The Morgan fingerprint density at radius 3 is 2.37 bits per heavy atom. The number of Topliss-reactive ketones (excluding diaryl/α,β-unsaturated/α-hetero) is 1. The standard InChI is InChI=1S/C44H59NO4/c1-22(2)33-36(47)31-30-24(27-20-39(5,6)49-40(7,8)32(27)35(30)46)19-25-26-18-23-14-15-28-42(11)21-38(3,4)41(9,10)48-29(42)16-17-43(28,12)44(23,13)37(26)45(33)34(25)31/h19-20,23,28-29,32-33,35,46H,1,14-18,21H2,2-13H3. The number of carbonyl (C=O) groups excluding carboxylic acids is 1. The van der Waals surface area contributed by atoms with E-state index in [1.165, 1.54) is 35.9 Å². The van der Waals surface area contributed by atoms with E-state index in [0.29, 0.717) is 11.8 Å². The van der Waals surface area contributed by atoms with E-state index >= 15 is 0 Å². The van der Waals surface area contributed by atoms with Crippen LogP contribution < -0.4 is 0 Å². The molecule has 0 amide bonds. The fraction of sp³-hybridized carbons (Fsp3) is 0.705. The monoisotopic (exact) mass is 665 g/mol. The number of aliphatic hydroxyl groups excluding tert-OH is 1. The van der Waals surface area contributed by atoms with Crippen molar-refractivity contribution < 1.29 is 19.4 Å². The maximum absolute atomic E-state index is 14.9. The average molecular weight is 666 g/mol. The van der Waals surface area contributed by atoms with Crippen LogP contribution in [0.3, 0.4) is 0 Å². The van der Waals surface area contributed by atoms with Gasteiger partial charge in [-0.3, -0.25) is 4.79 Å². The highest BCUT2D eigenvalue weighted by Crippen LogP contribution is 2.74. The van der Waals surface area contributed by atoms with Crippen LogP contribution in [0, 0.1) is 34.0 Å². The van der Waals surface area contributed by atoms with Crippen LogP contribution in [-0.4, -0.2) is 38.4 Å². The van der Waals surface area contributed by atoms with Gasteiger partial charge in [0.25, 0.3) is 0 Å². The van der Waals surface area contributed by atoms with Crippen molar-refractivity contribution in [3.05, 3.63) is 52.2 Å². The molecule has 1 aromatic heterocycles. The summed E-state index contributed by atoms with van der Waals surface area (Å²) >= 11 is 0. The van der Waals surface area contributed by atoms with E-state index in [1.54, 1.807) is 0 Å². The minimum absolute atomic E-state index is 0.0528. The molecule has 1 saturated heterocycles. The quantitative estimate of drug-likeness (QED) is 0.308. The van der Waals surface area contributed by atoms with Crippen molar-refractivity contribution >= 4 is 22.3 Å².